The van der Waals surface area contributed by atoms with Crippen molar-refractivity contribution >= 4 is 27.8 Å². The summed E-state index contributed by atoms with van der Waals surface area (Å²) in [5, 5.41) is 0.922. The Morgan fingerprint density at radius 3 is 2.60 bits per heavy atom. The van der Waals surface area contributed by atoms with E-state index in [4.69, 9.17) is 19.2 Å². The van der Waals surface area contributed by atoms with Crippen molar-refractivity contribution in [3.63, 3.8) is 0 Å². The average Bonchev–Trinajstić information content (AvgIpc) is 3.61. The van der Waals surface area contributed by atoms with Crippen LogP contribution in [0.2, 0.25) is 0 Å². The Kier molecular flexibility index (Phi) is 8.22. The summed E-state index contributed by atoms with van der Waals surface area (Å²) in [5.74, 6) is 0.127. The van der Waals surface area contributed by atoms with E-state index in [-0.39, 0.29) is 11.0 Å². The van der Waals surface area contributed by atoms with Gasteiger partial charge in [0.25, 0.3) is 0 Å². The van der Waals surface area contributed by atoms with Crippen LogP contribution in [0.1, 0.15) is 24.1 Å². The van der Waals surface area contributed by atoms with Crippen molar-refractivity contribution in [3.05, 3.63) is 66.4 Å². The molecule has 2 fully saturated rings. The number of ether oxygens (including phenoxy) is 3. The topological polar surface area (TPSA) is 111 Å². The number of carbonyl (C=O) groups excluding carboxylic acids is 1. The largest absolute Gasteiger partial charge is 0.497 e. The molecule has 0 radical (unpaired) electrons. The van der Waals surface area contributed by atoms with Gasteiger partial charge in [0, 0.05) is 43.5 Å². The summed E-state index contributed by atoms with van der Waals surface area (Å²) < 4.78 is 59.8. The number of pyridine rings is 1. The molecule has 7 rings (SSSR count). The van der Waals surface area contributed by atoms with Crippen molar-refractivity contribution in [3.8, 4) is 22.9 Å². The molecule has 2 aliphatic rings. The smallest absolute Gasteiger partial charge is 0.449 e. The average molecular weight is 650 g/mol. The van der Waals surface area contributed by atoms with Gasteiger partial charge < -0.3 is 33.6 Å². The Morgan fingerprint density at radius 1 is 1.02 bits per heavy atom. The Hall–Kier alpha value is -4.69. The quantitative estimate of drug-likeness (QED) is 0.252. The lowest BCUT2D eigenvalue weighted by molar-refractivity contribution is -0.148. The first-order valence-electron chi connectivity index (χ1n) is 15.4. The first kappa shape index (κ1) is 30.9. The summed E-state index contributed by atoms with van der Waals surface area (Å²) in [4.78, 5) is 34.7. The van der Waals surface area contributed by atoms with Gasteiger partial charge >= 0.3 is 6.18 Å². The van der Waals surface area contributed by atoms with Gasteiger partial charge in [-0.05, 0) is 30.7 Å². The zero-order valence-corrected chi connectivity index (χ0v) is 26.0. The Bertz CT molecular complexity index is 1920. The summed E-state index contributed by atoms with van der Waals surface area (Å²) >= 11 is 0. The van der Waals surface area contributed by atoms with Crippen LogP contribution in [-0.4, -0.2) is 93.8 Å². The molecule has 14 heteroatoms. The fourth-order valence-corrected chi connectivity index (χ4v) is 6.42. The van der Waals surface area contributed by atoms with Gasteiger partial charge in [0.2, 0.25) is 17.6 Å². The summed E-state index contributed by atoms with van der Waals surface area (Å²) in [6.07, 6.45) is -2.56. The Balaban J connectivity index is 1.24. The number of rotatable bonds is 8. The fourth-order valence-electron chi connectivity index (χ4n) is 6.42. The van der Waals surface area contributed by atoms with Gasteiger partial charge in [0.15, 0.2) is 0 Å². The van der Waals surface area contributed by atoms with Gasteiger partial charge in [-0.3, -0.25) is 4.79 Å². The number of nitrogens with zero attached hydrogens (tertiary/aromatic N) is 6. The van der Waals surface area contributed by atoms with Crippen LogP contribution in [0.25, 0.3) is 33.2 Å². The summed E-state index contributed by atoms with van der Waals surface area (Å²) in [6.45, 7) is 3.22. The van der Waals surface area contributed by atoms with Gasteiger partial charge in [-0.25, -0.2) is 15.0 Å². The zero-order chi connectivity index (χ0) is 32.7. The molecule has 3 aromatic heterocycles. The molecule has 0 bridgehead atoms. The predicted octanol–water partition coefficient (Wildman–Crippen LogP) is 4.93. The number of halogens is 3. The number of methoxy groups -OCH3 is 2. The molecule has 5 aromatic rings. The first-order valence-corrected chi connectivity index (χ1v) is 15.4. The van der Waals surface area contributed by atoms with Crippen LogP contribution in [0.15, 0.2) is 54.7 Å². The molecule has 5 heterocycles. The van der Waals surface area contributed by atoms with Gasteiger partial charge in [0.05, 0.1) is 67.5 Å². The summed E-state index contributed by atoms with van der Waals surface area (Å²) in [6, 6.07) is 13.6. The van der Waals surface area contributed by atoms with Crippen LogP contribution >= 0.6 is 0 Å². The van der Waals surface area contributed by atoms with E-state index in [1.54, 1.807) is 24.3 Å². The van der Waals surface area contributed by atoms with Crippen LogP contribution in [-0.2, 0) is 22.3 Å². The lowest BCUT2D eigenvalue weighted by Gasteiger charge is -2.31. The van der Waals surface area contributed by atoms with Crippen LogP contribution < -0.4 is 9.47 Å². The molecular weight excluding hydrogens is 615 g/mol. The molecule has 0 saturated carbocycles. The molecule has 1 N–H and O–H groups in total. The molecule has 0 spiro atoms. The second-order valence-electron chi connectivity index (χ2n) is 11.9. The first-order chi connectivity index (χ1) is 22.7. The number of aromatic amines is 1. The standard InChI is InChI=1S/C33H34F3N7O4/c1-45-22-7-8-25-28(14-22)43(32(40-25)33(34,35)36)17-29(44)42-12-11-41(16-20-18-47-19-20)10-9-27(42)30-37-15-26(38-30)23-13-21-5-3-4-6-24(21)39-31(23)46-2/h3-8,13-15,20,27H,9-12,16-19H2,1-2H3,(H,37,38). The molecule has 2 aliphatic heterocycles. The van der Waals surface area contributed by atoms with Crippen molar-refractivity contribution in [1.29, 1.82) is 0 Å². The normalized spacial score (nSPS) is 18.0. The van der Waals surface area contributed by atoms with E-state index in [1.807, 2.05) is 30.3 Å². The minimum absolute atomic E-state index is 0.126. The lowest BCUT2D eigenvalue weighted by atomic mass is 10.1. The van der Waals surface area contributed by atoms with Crippen LogP contribution in [0, 0.1) is 5.92 Å². The minimum Gasteiger partial charge on any atom is -0.497 e. The van der Waals surface area contributed by atoms with Gasteiger partial charge in [-0.2, -0.15) is 13.2 Å². The molecule has 1 atom stereocenters. The molecule has 0 aliphatic carbocycles. The van der Waals surface area contributed by atoms with E-state index < -0.39 is 30.5 Å². The maximum absolute atomic E-state index is 14.2. The number of imidazole rings is 2. The van der Waals surface area contributed by atoms with E-state index in [9.17, 15) is 18.0 Å². The van der Waals surface area contributed by atoms with E-state index in [0.29, 0.717) is 73.9 Å². The molecule has 2 saturated heterocycles. The lowest BCUT2D eigenvalue weighted by Crippen LogP contribution is -2.42. The van der Waals surface area contributed by atoms with Crippen LogP contribution in [0.5, 0.6) is 11.6 Å². The van der Waals surface area contributed by atoms with Crippen LogP contribution in [0.4, 0.5) is 13.2 Å². The van der Waals surface area contributed by atoms with Crippen molar-refractivity contribution < 1.29 is 32.2 Å². The third-order valence-corrected chi connectivity index (χ3v) is 8.88. The second-order valence-corrected chi connectivity index (χ2v) is 11.9. The van der Waals surface area contributed by atoms with Gasteiger partial charge in [0.1, 0.15) is 18.1 Å². The zero-order valence-electron chi connectivity index (χ0n) is 26.0. The number of fused-ring (bicyclic) bond motifs is 2. The number of carbonyl (C=O) groups is 1. The number of hydrogen-bond acceptors (Lipinski definition) is 8. The third-order valence-electron chi connectivity index (χ3n) is 8.88. The van der Waals surface area contributed by atoms with E-state index in [0.717, 1.165) is 22.0 Å². The maximum Gasteiger partial charge on any atom is 0.449 e. The van der Waals surface area contributed by atoms with Gasteiger partial charge in [-0.15, -0.1) is 0 Å². The molecule has 2 aromatic carbocycles. The van der Waals surface area contributed by atoms with Crippen molar-refractivity contribution in [1.82, 2.24) is 34.3 Å². The van der Waals surface area contributed by atoms with E-state index >= 15 is 0 Å². The number of benzene rings is 2. The maximum atomic E-state index is 14.2. The molecule has 246 valence electrons. The highest BCUT2D eigenvalue weighted by atomic mass is 19.4. The summed E-state index contributed by atoms with van der Waals surface area (Å²) in [7, 11) is 2.98. The third kappa shape index (κ3) is 6.10. The SMILES string of the molecule is COc1ccc2nc(C(F)(F)F)n(CC(=O)N3CCN(CC4COC4)CCC3c3ncc(-c4cc5ccccc5nc4OC)[nH]3)c2c1. The number of hydrogen-bond donors (Lipinski definition) is 1. The highest BCUT2D eigenvalue weighted by Crippen LogP contribution is 2.35. The van der Waals surface area contributed by atoms with Crippen LogP contribution in [0.3, 0.4) is 0 Å². The Morgan fingerprint density at radius 2 is 1.85 bits per heavy atom. The second kappa shape index (κ2) is 12.5. The molecule has 11 nitrogen and oxygen atoms in total. The fraction of sp³-hybridized carbons (Fsp3) is 0.394. The van der Waals surface area contributed by atoms with E-state index in [1.165, 1.54) is 19.2 Å². The number of para-hydroxylation sites is 1. The summed E-state index contributed by atoms with van der Waals surface area (Å²) in [5.41, 5.74) is 2.44. The number of aromatic nitrogens is 5. The van der Waals surface area contributed by atoms with Crippen molar-refractivity contribution in [2.45, 2.75) is 25.2 Å². The predicted molar refractivity (Wildman–Crippen MR) is 167 cm³/mol. The monoisotopic (exact) mass is 649 g/mol. The number of alkyl halides is 3. The number of amides is 1. The van der Waals surface area contributed by atoms with Crippen molar-refractivity contribution in [2.24, 2.45) is 5.92 Å². The Labute approximate surface area is 268 Å². The molecule has 1 amide bonds. The molecule has 47 heavy (non-hydrogen) atoms. The molecular formula is C33H34F3N7O4. The molecule has 1 unspecified atom stereocenters. The minimum atomic E-state index is -4.77. The van der Waals surface area contributed by atoms with Crippen molar-refractivity contribution in [2.75, 3.05) is 53.6 Å². The van der Waals surface area contributed by atoms with Gasteiger partial charge in [-0.1, -0.05) is 18.2 Å². The highest BCUT2D eigenvalue weighted by Gasteiger charge is 2.39. The highest BCUT2D eigenvalue weighted by molar-refractivity contribution is 5.85. The number of H-pyrrole nitrogens is 1. The van der Waals surface area contributed by atoms with E-state index in [2.05, 4.69) is 19.9 Å². The number of nitrogens with one attached hydrogen (secondary N) is 1.